The molecule has 3 aromatic rings. The molecule has 0 unspecified atom stereocenters. The number of pyridine rings is 2. The zero-order valence-corrected chi connectivity index (χ0v) is 24.3. The van der Waals surface area contributed by atoms with Crippen molar-refractivity contribution in [2.45, 2.75) is 97.4 Å². The number of carbonyl (C=O) groups is 2. The minimum Gasteiger partial charge on any atom is -0.465 e. The Balaban J connectivity index is 1.44. The molecule has 1 amide bonds. The summed E-state index contributed by atoms with van der Waals surface area (Å²) in [5, 5.41) is 22.2. The number of nitrogens with zero attached hydrogens (tertiary/aromatic N) is 5. The number of nitrogens with one attached hydrogen (secondary N) is 2. The summed E-state index contributed by atoms with van der Waals surface area (Å²) in [5.74, 6) is 1.66. The maximum atomic E-state index is 12.6. The lowest BCUT2D eigenvalue weighted by molar-refractivity contribution is -0.0175. The number of hydrogen-bond acceptors (Lipinski definition) is 8. The van der Waals surface area contributed by atoms with E-state index in [0.29, 0.717) is 36.0 Å². The van der Waals surface area contributed by atoms with Gasteiger partial charge in [0.15, 0.2) is 5.82 Å². The summed E-state index contributed by atoms with van der Waals surface area (Å²) >= 11 is 0. The molecule has 0 aliphatic carbocycles. The van der Waals surface area contributed by atoms with Gasteiger partial charge in [0.25, 0.3) is 0 Å². The smallest absolute Gasteiger partial charge is 0.435 e. The summed E-state index contributed by atoms with van der Waals surface area (Å²) in [5.41, 5.74) is 0.0755. The van der Waals surface area contributed by atoms with Crippen LogP contribution in [0.3, 0.4) is 0 Å². The van der Waals surface area contributed by atoms with Gasteiger partial charge in [-0.15, -0.1) is 5.10 Å². The van der Waals surface area contributed by atoms with E-state index in [2.05, 4.69) is 41.5 Å². The van der Waals surface area contributed by atoms with E-state index in [4.69, 9.17) is 9.72 Å². The molecule has 2 saturated heterocycles. The monoisotopic (exact) mass is 549 g/mol. The van der Waals surface area contributed by atoms with Crippen LogP contribution in [0.1, 0.15) is 72.9 Å². The third-order valence-corrected chi connectivity index (χ3v) is 8.11. The molecule has 0 radical (unpaired) electrons. The van der Waals surface area contributed by atoms with Gasteiger partial charge in [-0.05, 0) is 70.9 Å². The predicted molar refractivity (Wildman–Crippen MR) is 153 cm³/mol. The maximum Gasteiger partial charge on any atom is 0.435 e. The van der Waals surface area contributed by atoms with Crippen molar-refractivity contribution >= 4 is 40.5 Å². The molecule has 0 aromatic carbocycles. The van der Waals surface area contributed by atoms with Crippen LogP contribution >= 0.6 is 0 Å². The summed E-state index contributed by atoms with van der Waals surface area (Å²) in [6, 6.07) is 7.46. The van der Waals surface area contributed by atoms with Crippen molar-refractivity contribution in [1.29, 1.82) is 0 Å². The van der Waals surface area contributed by atoms with Gasteiger partial charge in [0, 0.05) is 41.5 Å². The second kappa shape index (κ2) is 9.64. The number of aromatic nitrogens is 4. The van der Waals surface area contributed by atoms with Gasteiger partial charge in [-0.3, -0.25) is 9.88 Å². The lowest BCUT2D eigenvalue weighted by Gasteiger charge is -2.53. The van der Waals surface area contributed by atoms with Crippen LogP contribution in [0.15, 0.2) is 30.5 Å². The standard InChI is InChI=1S/C29H39N7O4/c1-17-13-23(34-36(17)26(39)40-28(5,6)7)32-22-15-21-20(9-8-12-30-21)24(33-22)31-18-14-19-10-11-29(16-18,27(2,3)4)35(19)25(37)38/h8-9,12-13,15,18-19H,10-11,14,16H2,1-7H3,(H,37,38)(H2,31,32,33,34)/t18-,19-,29+/m0/s1. The molecule has 0 saturated carbocycles. The molecular weight excluding hydrogens is 510 g/mol. The molecule has 0 spiro atoms. The van der Waals surface area contributed by atoms with Crippen LogP contribution in [0.2, 0.25) is 0 Å². The van der Waals surface area contributed by atoms with Gasteiger partial charge in [0.05, 0.1) is 11.1 Å². The number of carboxylic acid groups (broad SMARTS) is 1. The summed E-state index contributed by atoms with van der Waals surface area (Å²) in [7, 11) is 0. The minimum absolute atomic E-state index is 0.0338. The van der Waals surface area contributed by atoms with Crippen LogP contribution in [-0.2, 0) is 4.74 Å². The van der Waals surface area contributed by atoms with E-state index < -0.39 is 23.3 Å². The number of aryl methyl sites for hydroxylation is 1. The van der Waals surface area contributed by atoms with Gasteiger partial charge in [0.1, 0.15) is 17.2 Å². The predicted octanol–water partition coefficient (Wildman–Crippen LogP) is 6.16. The Labute approximate surface area is 234 Å². The van der Waals surface area contributed by atoms with Gasteiger partial charge in [-0.2, -0.15) is 4.68 Å². The number of carbonyl (C=O) groups excluding carboxylic acids is 1. The largest absolute Gasteiger partial charge is 0.465 e. The summed E-state index contributed by atoms with van der Waals surface area (Å²) in [4.78, 5) is 36.1. The number of anilines is 3. The van der Waals surface area contributed by atoms with Crippen LogP contribution in [0.5, 0.6) is 0 Å². The summed E-state index contributed by atoms with van der Waals surface area (Å²) < 4.78 is 6.69. The first-order chi connectivity index (χ1) is 18.7. The zero-order chi connectivity index (χ0) is 29.0. The first-order valence-corrected chi connectivity index (χ1v) is 13.8. The highest BCUT2D eigenvalue weighted by Gasteiger charge is 2.59. The highest BCUT2D eigenvalue weighted by molar-refractivity contribution is 5.91. The molecule has 3 aromatic heterocycles. The fourth-order valence-corrected chi connectivity index (χ4v) is 6.34. The second-order valence-electron chi connectivity index (χ2n) is 13.0. The Morgan fingerprint density at radius 1 is 1.15 bits per heavy atom. The van der Waals surface area contributed by atoms with Crippen molar-refractivity contribution < 1.29 is 19.4 Å². The van der Waals surface area contributed by atoms with E-state index in [9.17, 15) is 14.7 Å². The Bertz CT molecular complexity index is 1450. The van der Waals surface area contributed by atoms with Gasteiger partial charge < -0.3 is 20.5 Å². The first-order valence-electron chi connectivity index (χ1n) is 13.8. The number of ether oxygens (including phenoxy) is 1. The topological polar surface area (TPSA) is 134 Å². The van der Waals surface area contributed by atoms with Gasteiger partial charge >= 0.3 is 12.2 Å². The SMILES string of the molecule is Cc1cc(Nc2cc3ncccc3c(N[C@H]3C[C@@H]4CC[C@](C(C)(C)C)(C3)N4C(=O)O)n2)nn1C(=O)OC(C)(C)C. The Hall–Kier alpha value is -3.89. The highest BCUT2D eigenvalue weighted by atomic mass is 16.6. The van der Waals surface area contributed by atoms with Crippen molar-refractivity contribution in [3.63, 3.8) is 0 Å². The molecule has 11 nitrogen and oxygen atoms in total. The average Bonchev–Trinajstić information content (AvgIpc) is 3.32. The number of hydrogen-bond donors (Lipinski definition) is 3. The Morgan fingerprint density at radius 3 is 2.58 bits per heavy atom. The lowest BCUT2D eigenvalue weighted by atomic mass is 9.67. The lowest BCUT2D eigenvalue weighted by Crippen LogP contribution is -2.63. The van der Waals surface area contributed by atoms with E-state index in [0.717, 1.165) is 23.7 Å². The molecule has 11 heteroatoms. The maximum absolute atomic E-state index is 12.6. The third kappa shape index (κ3) is 5.04. The first kappa shape index (κ1) is 27.7. The van der Waals surface area contributed by atoms with Crippen molar-refractivity contribution in [2.75, 3.05) is 10.6 Å². The van der Waals surface area contributed by atoms with Gasteiger partial charge in [-0.1, -0.05) is 20.8 Å². The average molecular weight is 550 g/mol. The summed E-state index contributed by atoms with van der Waals surface area (Å²) in [6.07, 6.45) is 3.46. The second-order valence-corrected chi connectivity index (χ2v) is 13.0. The number of piperidine rings is 1. The molecule has 5 heterocycles. The highest BCUT2D eigenvalue weighted by Crippen LogP contribution is 2.53. The van der Waals surface area contributed by atoms with Crippen molar-refractivity contribution in [3.05, 3.63) is 36.2 Å². The van der Waals surface area contributed by atoms with E-state index in [-0.39, 0.29) is 17.5 Å². The molecule has 5 rings (SSSR count). The third-order valence-electron chi connectivity index (χ3n) is 8.11. The number of amides is 1. The van der Waals surface area contributed by atoms with Crippen LogP contribution in [0, 0.1) is 12.3 Å². The van der Waals surface area contributed by atoms with E-state index in [1.165, 1.54) is 4.68 Å². The van der Waals surface area contributed by atoms with Crippen LogP contribution in [0.25, 0.3) is 10.9 Å². The number of rotatable bonds is 4. The van der Waals surface area contributed by atoms with E-state index >= 15 is 0 Å². The minimum atomic E-state index is -0.837. The number of fused-ring (bicyclic) bond motifs is 3. The Morgan fingerprint density at radius 2 is 1.90 bits per heavy atom. The van der Waals surface area contributed by atoms with Gasteiger partial charge in [-0.25, -0.2) is 14.6 Å². The molecular formula is C29H39N7O4. The molecule has 2 fully saturated rings. The van der Waals surface area contributed by atoms with Gasteiger partial charge in [0.2, 0.25) is 0 Å². The van der Waals surface area contributed by atoms with Crippen molar-refractivity contribution in [3.8, 4) is 0 Å². The molecule has 214 valence electrons. The quantitative estimate of drug-likeness (QED) is 0.349. The molecule has 40 heavy (non-hydrogen) atoms. The fraction of sp³-hybridized carbons (Fsp3) is 0.552. The molecule has 2 aliphatic heterocycles. The van der Waals surface area contributed by atoms with E-state index in [1.54, 1.807) is 24.1 Å². The van der Waals surface area contributed by atoms with E-state index in [1.807, 2.05) is 39.0 Å². The van der Waals surface area contributed by atoms with Crippen molar-refractivity contribution in [1.82, 2.24) is 24.6 Å². The fourth-order valence-electron chi connectivity index (χ4n) is 6.34. The van der Waals surface area contributed by atoms with Crippen molar-refractivity contribution in [2.24, 2.45) is 5.41 Å². The Kier molecular flexibility index (Phi) is 6.67. The van der Waals surface area contributed by atoms with Crippen LogP contribution in [0.4, 0.5) is 27.0 Å². The molecule has 2 aliphatic rings. The summed E-state index contributed by atoms with van der Waals surface area (Å²) in [6.45, 7) is 13.6. The van der Waals surface area contributed by atoms with Crippen LogP contribution in [-0.4, -0.2) is 65.2 Å². The zero-order valence-electron chi connectivity index (χ0n) is 24.3. The van der Waals surface area contributed by atoms with Crippen LogP contribution < -0.4 is 10.6 Å². The molecule has 3 atom stereocenters. The normalized spacial score (nSPS) is 22.8. The molecule has 2 bridgehead atoms. The molecule has 3 N–H and O–H groups in total.